The Kier molecular flexibility index (Phi) is 8.39. The van der Waals surface area contributed by atoms with Crippen LogP contribution in [0.2, 0.25) is 5.02 Å². The van der Waals surface area contributed by atoms with Crippen molar-refractivity contribution in [3.05, 3.63) is 94.7 Å². The number of aromatic nitrogens is 4. The fourth-order valence-electron chi connectivity index (χ4n) is 4.53. The van der Waals surface area contributed by atoms with Crippen LogP contribution in [0.5, 0.6) is 5.75 Å². The van der Waals surface area contributed by atoms with E-state index in [0.717, 1.165) is 61.0 Å². The molecule has 0 amide bonds. The predicted molar refractivity (Wildman–Crippen MR) is 153 cm³/mol. The quantitative estimate of drug-likeness (QED) is 0.308. The molecule has 202 valence electrons. The highest BCUT2D eigenvalue weighted by Gasteiger charge is 2.17. The normalized spacial score (nSPS) is 14.2. The third-order valence-corrected chi connectivity index (χ3v) is 6.98. The van der Waals surface area contributed by atoms with Gasteiger partial charge in [-0.25, -0.2) is 14.1 Å². The molecule has 4 aromatic rings. The molecule has 1 aliphatic heterocycles. The highest BCUT2D eigenvalue weighted by atomic mass is 35.5. The monoisotopic (exact) mass is 547 g/mol. The molecule has 0 atom stereocenters. The van der Waals surface area contributed by atoms with Crippen LogP contribution in [0.4, 0.5) is 16.0 Å². The molecule has 0 aliphatic carbocycles. The molecule has 1 aliphatic rings. The Morgan fingerprint density at radius 3 is 2.62 bits per heavy atom. The van der Waals surface area contributed by atoms with Crippen molar-refractivity contribution in [2.75, 3.05) is 50.1 Å². The number of nitrogens with zero attached hydrogens (tertiary/aromatic N) is 6. The molecule has 0 bridgehead atoms. The molecular formula is C29H31ClFN7O. The zero-order valence-corrected chi connectivity index (χ0v) is 22.8. The summed E-state index contributed by atoms with van der Waals surface area (Å²) in [4.78, 5) is 13.5. The Bertz CT molecular complexity index is 1410. The summed E-state index contributed by atoms with van der Waals surface area (Å²) >= 11 is 6.03. The van der Waals surface area contributed by atoms with Crippen LogP contribution in [-0.2, 0) is 6.54 Å². The van der Waals surface area contributed by atoms with Gasteiger partial charge in [0.25, 0.3) is 0 Å². The first kappa shape index (κ1) is 26.6. The van der Waals surface area contributed by atoms with E-state index in [2.05, 4.69) is 42.3 Å². The second-order valence-electron chi connectivity index (χ2n) is 9.35. The van der Waals surface area contributed by atoms with Crippen LogP contribution in [0.1, 0.15) is 16.8 Å². The molecule has 0 spiro atoms. The van der Waals surface area contributed by atoms with Gasteiger partial charge in [-0.2, -0.15) is 10.1 Å². The van der Waals surface area contributed by atoms with Gasteiger partial charge in [-0.3, -0.25) is 4.90 Å². The summed E-state index contributed by atoms with van der Waals surface area (Å²) in [6.45, 7) is 6.90. The van der Waals surface area contributed by atoms with Crippen molar-refractivity contribution in [1.82, 2.24) is 24.6 Å². The SMILES string of the molecule is COc1ccc(CNc2nccc(-n3ncc(C=CCN4CCN(c5cc(F)cc(Cl)c5)CC4)c3C)n2)cc1. The van der Waals surface area contributed by atoms with E-state index in [0.29, 0.717) is 23.3 Å². The largest absolute Gasteiger partial charge is 0.497 e. The van der Waals surface area contributed by atoms with Crippen LogP contribution in [-0.4, -0.2) is 64.5 Å². The van der Waals surface area contributed by atoms with Crippen LogP contribution >= 0.6 is 11.6 Å². The highest BCUT2D eigenvalue weighted by Crippen LogP contribution is 2.23. The lowest BCUT2D eigenvalue weighted by molar-refractivity contribution is 0.284. The number of ether oxygens (including phenoxy) is 1. The van der Waals surface area contributed by atoms with Crippen LogP contribution in [0.25, 0.3) is 11.9 Å². The van der Waals surface area contributed by atoms with E-state index in [9.17, 15) is 4.39 Å². The van der Waals surface area contributed by atoms with Crippen molar-refractivity contribution in [2.45, 2.75) is 13.5 Å². The average Bonchev–Trinajstić information content (AvgIpc) is 3.32. The van der Waals surface area contributed by atoms with E-state index < -0.39 is 0 Å². The number of benzene rings is 2. The molecule has 1 N–H and O–H groups in total. The molecule has 2 aromatic carbocycles. The summed E-state index contributed by atoms with van der Waals surface area (Å²) in [5.41, 5.74) is 3.97. The first-order valence-corrected chi connectivity index (χ1v) is 13.2. The molecule has 1 saturated heterocycles. The molecule has 10 heteroatoms. The Balaban J connectivity index is 1.15. The van der Waals surface area contributed by atoms with E-state index >= 15 is 0 Å². The number of halogens is 2. The Morgan fingerprint density at radius 2 is 1.87 bits per heavy atom. The lowest BCUT2D eigenvalue weighted by Gasteiger charge is -2.35. The van der Waals surface area contributed by atoms with Crippen molar-refractivity contribution in [1.29, 1.82) is 0 Å². The smallest absolute Gasteiger partial charge is 0.224 e. The fourth-order valence-corrected chi connectivity index (χ4v) is 4.75. The maximum absolute atomic E-state index is 13.7. The van der Waals surface area contributed by atoms with Crippen LogP contribution in [0, 0.1) is 12.7 Å². The molecule has 1 fully saturated rings. The Labute approximate surface area is 232 Å². The first-order valence-electron chi connectivity index (χ1n) is 12.8. The summed E-state index contributed by atoms with van der Waals surface area (Å²) in [6, 6.07) is 14.4. The Morgan fingerprint density at radius 1 is 1.08 bits per heavy atom. The number of methoxy groups -OCH3 is 1. The van der Waals surface area contributed by atoms with Gasteiger partial charge in [-0.1, -0.05) is 35.9 Å². The van der Waals surface area contributed by atoms with Crippen molar-refractivity contribution in [2.24, 2.45) is 0 Å². The second kappa shape index (κ2) is 12.3. The summed E-state index contributed by atoms with van der Waals surface area (Å²) in [5.74, 6) is 1.76. The summed E-state index contributed by atoms with van der Waals surface area (Å²) in [6.07, 6.45) is 7.84. The second-order valence-corrected chi connectivity index (χ2v) is 9.79. The third-order valence-electron chi connectivity index (χ3n) is 6.76. The maximum Gasteiger partial charge on any atom is 0.224 e. The van der Waals surface area contributed by atoms with E-state index in [-0.39, 0.29) is 5.82 Å². The number of hydrogen-bond donors (Lipinski definition) is 1. The molecule has 39 heavy (non-hydrogen) atoms. The Hall–Kier alpha value is -3.95. The zero-order valence-electron chi connectivity index (χ0n) is 22.0. The predicted octanol–water partition coefficient (Wildman–Crippen LogP) is 5.22. The molecule has 0 unspecified atom stereocenters. The molecule has 3 heterocycles. The number of hydrogen-bond acceptors (Lipinski definition) is 7. The highest BCUT2D eigenvalue weighted by molar-refractivity contribution is 6.30. The molecule has 0 radical (unpaired) electrons. The van der Waals surface area contributed by atoms with Gasteiger partial charge < -0.3 is 15.0 Å². The molecule has 0 saturated carbocycles. The zero-order chi connectivity index (χ0) is 27.2. The van der Waals surface area contributed by atoms with Gasteiger partial charge in [0.2, 0.25) is 5.95 Å². The van der Waals surface area contributed by atoms with Crippen molar-refractivity contribution in [3.63, 3.8) is 0 Å². The van der Waals surface area contributed by atoms with E-state index in [1.54, 1.807) is 19.4 Å². The number of piperazine rings is 1. The van der Waals surface area contributed by atoms with E-state index in [1.807, 2.05) is 54.2 Å². The van der Waals surface area contributed by atoms with Crippen LogP contribution < -0.4 is 15.0 Å². The summed E-state index contributed by atoms with van der Waals surface area (Å²) < 4.78 is 20.8. The van der Waals surface area contributed by atoms with Gasteiger partial charge in [0, 0.05) is 67.8 Å². The lowest BCUT2D eigenvalue weighted by atomic mass is 10.2. The van der Waals surface area contributed by atoms with Crippen molar-refractivity contribution < 1.29 is 9.13 Å². The number of anilines is 2. The van der Waals surface area contributed by atoms with Crippen molar-refractivity contribution >= 4 is 29.3 Å². The fraction of sp³-hybridized carbons (Fsp3) is 0.276. The molecule has 2 aromatic heterocycles. The first-order chi connectivity index (χ1) is 19.0. The topological polar surface area (TPSA) is 71.3 Å². The minimum Gasteiger partial charge on any atom is -0.497 e. The number of nitrogens with one attached hydrogen (secondary N) is 1. The minimum absolute atomic E-state index is 0.304. The maximum atomic E-state index is 13.7. The molecular weight excluding hydrogens is 517 g/mol. The van der Waals surface area contributed by atoms with E-state index in [1.165, 1.54) is 6.07 Å². The van der Waals surface area contributed by atoms with Gasteiger partial charge in [-0.15, -0.1) is 0 Å². The third kappa shape index (κ3) is 6.74. The van der Waals surface area contributed by atoms with Crippen LogP contribution in [0.3, 0.4) is 0 Å². The summed E-state index contributed by atoms with van der Waals surface area (Å²) in [5, 5.41) is 8.26. The molecule has 8 nitrogen and oxygen atoms in total. The average molecular weight is 548 g/mol. The minimum atomic E-state index is -0.304. The molecule has 5 rings (SSSR count). The van der Waals surface area contributed by atoms with Gasteiger partial charge in [0.15, 0.2) is 5.82 Å². The van der Waals surface area contributed by atoms with Crippen LogP contribution in [0.15, 0.2) is 67.0 Å². The van der Waals surface area contributed by atoms with Gasteiger partial charge >= 0.3 is 0 Å². The van der Waals surface area contributed by atoms with Gasteiger partial charge in [0.05, 0.1) is 19.0 Å². The van der Waals surface area contributed by atoms with Gasteiger partial charge in [-0.05, 0) is 42.8 Å². The van der Waals surface area contributed by atoms with Crippen molar-refractivity contribution in [3.8, 4) is 11.6 Å². The lowest BCUT2D eigenvalue weighted by Crippen LogP contribution is -2.46. The summed E-state index contributed by atoms with van der Waals surface area (Å²) in [7, 11) is 1.65. The van der Waals surface area contributed by atoms with E-state index in [4.69, 9.17) is 16.3 Å². The van der Waals surface area contributed by atoms with Gasteiger partial charge in [0.1, 0.15) is 11.6 Å². The number of rotatable bonds is 9. The standard InChI is InChI=1S/C29H31ClFN7O/c1-21-23(4-3-11-36-12-14-37(15-13-36)26-17-24(30)16-25(31)18-26)20-34-38(21)28-9-10-32-29(35-28)33-19-22-5-7-27(39-2)8-6-22/h3-10,16-18,20H,11-15,19H2,1-2H3,(H,32,33,35).